The van der Waals surface area contributed by atoms with Crippen molar-refractivity contribution in [3.8, 4) is 5.75 Å². The normalized spacial score (nSPS) is 17.5. The summed E-state index contributed by atoms with van der Waals surface area (Å²) in [5.74, 6) is 1.33. The molecule has 0 radical (unpaired) electrons. The van der Waals surface area contributed by atoms with Crippen LogP contribution in [0.15, 0.2) is 60.7 Å². The molecule has 1 unspecified atom stereocenters. The van der Waals surface area contributed by atoms with Gasteiger partial charge in [0.25, 0.3) is 0 Å². The van der Waals surface area contributed by atoms with Crippen molar-refractivity contribution in [3.63, 3.8) is 0 Å². The van der Waals surface area contributed by atoms with Crippen LogP contribution < -0.4 is 4.74 Å². The van der Waals surface area contributed by atoms with E-state index >= 15 is 0 Å². The van der Waals surface area contributed by atoms with E-state index in [1.807, 2.05) is 60.7 Å². The summed E-state index contributed by atoms with van der Waals surface area (Å²) in [6.45, 7) is 3.97. The summed E-state index contributed by atoms with van der Waals surface area (Å²) in [4.78, 5) is 2.49. The molecule has 3 heteroatoms. The lowest BCUT2D eigenvalue weighted by Crippen LogP contribution is -2.36. The highest BCUT2D eigenvalue weighted by atomic mass is 16.5. The zero-order chi connectivity index (χ0) is 16.6. The molecular formula is C21H27NO2. The number of piperidine rings is 1. The molecule has 3 rings (SSSR count). The molecule has 0 bridgehead atoms. The molecule has 0 aliphatic carbocycles. The summed E-state index contributed by atoms with van der Waals surface area (Å²) in [5, 5.41) is 10.5. The van der Waals surface area contributed by atoms with E-state index in [4.69, 9.17) is 4.74 Å². The van der Waals surface area contributed by atoms with E-state index in [2.05, 4.69) is 4.90 Å². The zero-order valence-corrected chi connectivity index (χ0v) is 14.2. The standard InChI is InChI=1S/C21H27NO2/c23-21(18-8-3-1-4-9-18)19-12-15-22(16-13-19)14-7-17-24-20-10-5-2-6-11-20/h1-6,8-11,19,21,23H,7,12-17H2. The van der Waals surface area contributed by atoms with Crippen LogP contribution in [0, 0.1) is 5.92 Å². The Labute approximate surface area is 144 Å². The maximum absolute atomic E-state index is 10.5. The van der Waals surface area contributed by atoms with Gasteiger partial charge >= 0.3 is 0 Å². The van der Waals surface area contributed by atoms with E-state index in [0.717, 1.165) is 56.8 Å². The summed E-state index contributed by atoms with van der Waals surface area (Å²) in [5.41, 5.74) is 1.05. The van der Waals surface area contributed by atoms with Crippen molar-refractivity contribution in [3.05, 3.63) is 66.2 Å². The van der Waals surface area contributed by atoms with Gasteiger partial charge in [-0.25, -0.2) is 0 Å². The molecule has 0 amide bonds. The fourth-order valence-electron chi connectivity index (χ4n) is 3.41. The van der Waals surface area contributed by atoms with Gasteiger partial charge in [-0.15, -0.1) is 0 Å². The average Bonchev–Trinajstić information content (AvgIpc) is 2.67. The van der Waals surface area contributed by atoms with Crippen molar-refractivity contribution < 1.29 is 9.84 Å². The van der Waals surface area contributed by atoms with Crippen LogP contribution in [-0.2, 0) is 0 Å². The number of hydrogen-bond acceptors (Lipinski definition) is 3. The van der Waals surface area contributed by atoms with Crippen LogP contribution in [0.1, 0.15) is 30.9 Å². The number of aliphatic hydroxyl groups is 1. The SMILES string of the molecule is OC(c1ccccc1)C1CCN(CCCOc2ccccc2)CC1. The Morgan fingerprint density at radius 3 is 2.25 bits per heavy atom. The van der Waals surface area contributed by atoms with Gasteiger partial charge in [-0.2, -0.15) is 0 Å². The molecule has 1 N–H and O–H groups in total. The molecule has 1 saturated heterocycles. The van der Waals surface area contributed by atoms with Crippen LogP contribution in [0.3, 0.4) is 0 Å². The second-order valence-corrected chi connectivity index (χ2v) is 6.55. The van der Waals surface area contributed by atoms with Crippen molar-refractivity contribution in [2.45, 2.75) is 25.4 Å². The number of rotatable bonds is 7. The summed E-state index contributed by atoms with van der Waals surface area (Å²) in [7, 11) is 0. The van der Waals surface area contributed by atoms with E-state index in [1.54, 1.807) is 0 Å². The lowest BCUT2D eigenvalue weighted by atomic mass is 9.87. The van der Waals surface area contributed by atoms with Crippen molar-refractivity contribution in [2.75, 3.05) is 26.2 Å². The number of aliphatic hydroxyl groups excluding tert-OH is 1. The second kappa shape index (κ2) is 8.86. The minimum atomic E-state index is -0.324. The number of ether oxygens (including phenoxy) is 1. The lowest BCUT2D eigenvalue weighted by molar-refractivity contribution is 0.0575. The number of para-hydroxylation sites is 1. The highest BCUT2D eigenvalue weighted by Gasteiger charge is 2.25. The Morgan fingerprint density at radius 2 is 1.58 bits per heavy atom. The first-order chi connectivity index (χ1) is 11.8. The molecule has 128 valence electrons. The van der Waals surface area contributed by atoms with Crippen molar-refractivity contribution >= 4 is 0 Å². The smallest absolute Gasteiger partial charge is 0.119 e. The maximum Gasteiger partial charge on any atom is 0.119 e. The van der Waals surface area contributed by atoms with Gasteiger partial charge in [-0.05, 0) is 56.0 Å². The monoisotopic (exact) mass is 325 g/mol. The van der Waals surface area contributed by atoms with Gasteiger partial charge in [0.1, 0.15) is 5.75 Å². The van der Waals surface area contributed by atoms with Crippen molar-refractivity contribution in [1.82, 2.24) is 4.90 Å². The Bertz CT molecular complexity index is 579. The first-order valence-electron chi connectivity index (χ1n) is 8.96. The number of likely N-dealkylation sites (tertiary alicyclic amines) is 1. The summed E-state index contributed by atoms with van der Waals surface area (Å²) in [6.07, 6.45) is 2.85. The Balaban J connectivity index is 1.35. The fraction of sp³-hybridized carbons (Fsp3) is 0.429. The van der Waals surface area contributed by atoms with E-state index in [9.17, 15) is 5.11 Å². The number of benzene rings is 2. The molecule has 0 aromatic heterocycles. The van der Waals surface area contributed by atoms with Crippen LogP contribution in [0.5, 0.6) is 5.75 Å². The van der Waals surface area contributed by atoms with E-state index < -0.39 is 0 Å². The van der Waals surface area contributed by atoms with E-state index in [1.165, 1.54) is 0 Å². The quantitative estimate of drug-likeness (QED) is 0.784. The molecule has 1 heterocycles. The topological polar surface area (TPSA) is 32.7 Å². The predicted molar refractivity (Wildman–Crippen MR) is 97.1 cm³/mol. The Hall–Kier alpha value is -1.84. The molecule has 1 atom stereocenters. The molecular weight excluding hydrogens is 298 g/mol. The third kappa shape index (κ3) is 4.83. The molecule has 2 aromatic carbocycles. The number of nitrogens with zero attached hydrogens (tertiary/aromatic N) is 1. The van der Waals surface area contributed by atoms with Gasteiger partial charge in [0.15, 0.2) is 0 Å². The number of hydrogen-bond donors (Lipinski definition) is 1. The van der Waals surface area contributed by atoms with Gasteiger partial charge < -0.3 is 14.7 Å². The summed E-state index contributed by atoms with van der Waals surface area (Å²) >= 11 is 0. The molecule has 1 fully saturated rings. The summed E-state index contributed by atoms with van der Waals surface area (Å²) in [6, 6.07) is 20.0. The van der Waals surface area contributed by atoms with Gasteiger partial charge in [0.2, 0.25) is 0 Å². The molecule has 1 aliphatic heterocycles. The summed E-state index contributed by atoms with van der Waals surface area (Å²) < 4.78 is 5.75. The van der Waals surface area contributed by atoms with Crippen LogP contribution in [0.4, 0.5) is 0 Å². The average molecular weight is 325 g/mol. The zero-order valence-electron chi connectivity index (χ0n) is 14.2. The third-order valence-corrected chi connectivity index (χ3v) is 4.85. The van der Waals surface area contributed by atoms with Crippen LogP contribution in [0.2, 0.25) is 0 Å². The van der Waals surface area contributed by atoms with Crippen LogP contribution in [-0.4, -0.2) is 36.2 Å². The Morgan fingerprint density at radius 1 is 0.958 bits per heavy atom. The molecule has 24 heavy (non-hydrogen) atoms. The predicted octanol–water partition coefficient (Wildman–Crippen LogP) is 3.90. The van der Waals surface area contributed by atoms with Crippen molar-refractivity contribution in [2.24, 2.45) is 5.92 Å². The highest BCUT2D eigenvalue weighted by molar-refractivity contribution is 5.20. The highest BCUT2D eigenvalue weighted by Crippen LogP contribution is 2.30. The van der Waals surface area contributed by atoms with Gasteiger partial charge in [-0.1, -0.05) is 48.5 Å². The van der Waals surface area contributed by atoms with Crippen molar-refractivity contribution in [1.29, 1.82) is 0 Å². The maximum atomic E-state index is 10.5. The lowest BCUT2D eigenvalue weighted by Gasteiger charge is -2.34. The Kier molecular flexibility index (Phi) is 6.27. The van der Waals surface area contributed by atoms with E-state index in [-0.39, 0.29) is 6.10 Å². The van der Waals surface area contributed by atoms with Crippen LogP contribution >= 0.6 is 0 Å². The minimum absolute atomic E-state index is 0.324. The largest absolute Gasteiger partial charge is 0.494 e. The fourth-order valence-corrected chi connectivity index (χ4v) is 3.41. The molecule has 2 aromatic rings. The minimum Gasteiger partial charge on any atom is -0.494 e. The van der Waals surface area contributed by atoms with Gasteiger partial charge in [0, 0.05) is 6.54 Å². The second-order valence-electron chi connectivity index (χ2n) is 6.55. The molecule has 0 saturated carbocycles. The molecule has 3 nitrogen and oxygen atoms in total. The van der Waals surface area contributed by atoms with Gasteiger partial charge in [0.05, 0.1) is 12.7 Å². The molecule has 1 aliphatic rings. The first kappa shape index (κ1) is 17.0. The van der Waals surface area contributed by atoms with Crippen LogP contribution in [0.25, 0.3) is 0 Å². The first-order valence-corrected chi connectivity index (χ1v) is 8.96. The van der Waals surface area contributed by atoms with E-state index in [0.29, 0.717) is 5.92 Å². The molecule has 0 spiro atoms. The van der Waals surface area contributed by atoms with Gasteiger partial charge in [-0.3, -0.25) is 0 Å². The third-order valence-electron chi connectivity index (χ3n) is 4.85.